The summed E-state index contributed by atoms with van der Waals surface area (Å²) in [7, 11) is 1.31. The van der Waals surface area contributed by atoms with Crippen molar-refractivity contribution in [3.63, 3.8) is 0 Å². The number of rotatable bonds is 7. The summed E-state index contributed by atoms with van der Waals surface area (Å²) >= 11 is 0. The van der Waals surface area contributed by atoms with E-state index in [0.717, 1.165) is 16.7 Å². The quantitative estimate of drug-likeness (QED) is 0.480. The Labute approximate surface area is 170 Å². The lowest BCUT2D eigenvalue weighted by atomic mass is 9.98. The molecule has 0 fully saturated rings. The van der Waals surface area contributed by atoms with Crippen LogP contribution in [0.1, 0.15) is 27.0 Å². The molecule has 148 valence electrons. The predicted octanol–water partition coefficient (Wildman–Crippen LogP) is 3.37. The first-order valence-electron chi connectivity index (χ1n) is 9.41. The van der Waals surface area contributed by atoms with Crippen molar-refractivity contribution in [3.8, 4) is 0 Å². The standard InChI is InChI=1S/C24H24N2O3/c1-29-24(28)22(16-18-11-13-20(25)14-12-18)26-23(27)21-10-6-5-9-19(21)15-17-7-3-2-4-8-17/h2-14,22H,15-16,25H2,1H3,(H,26,27)/t22-/m0/s1. The molecule has 0 aliphatic heterocycles. The lowest BCUT2D eigenvalue weighted by molar-refractivity contribution is -0.142. The van der Waals surface area contributed by atoms with Crippen LogP contribution in [0.25, 0.3) is 0 Å². The minimum Gasteiger partial charge on any atom is -0.467 e. The van der Waals surface area contributed by atoms with E-state index in [2.05, 4.69) is 5.32 Å². The summed E-state index contributed by atoms with van der Waals surface area (Å²) in [5.41, 5.74) is 9.79. The molecule has 5 nitrogen and oxygen atoms in total. The van der Waals surface area contributed by atoms with Gasteiger partial charge in [0.15, 0.2) is 0 Å². The maximum absolute atomic E-state index is 13.0. The molecule has 5 heteroatoms. The second-order valence-electron chi connectivity index (χ2n) is 6.81. The maximum atomic E-state index is 13.0. The van der Waals surface area contributed by atoms with E-state index in [1.54, 1.807) is 18.2 Å². The van der Waals surface area contributed by atoms with Gasteiger partial charge in [-0.25, -0.2) is 4.79 Å². The minimum atomic E-state index is -0.791. The van der Waals surface area contributed by atoms with Crippen molar-refractivity contribution in [1.29, 1.82) is 0 Å². The second kappa shape index (κ2) is 9.55. The van der Waals surface area contributed by atoms with Crippen LogP contribution in [0.4, 0.5) is 5.69 Å². The van der Waals surface area contributed by atoms with E-state index < -0.39 is 12.0 Å². The first-order chi connectivity index (χ1) is 14.1. The van der Waals surface area contributed by atoms with Gasteiger partial charge in [-0.1, -0.05) is 60.7 Å². The number of anilines is 1. The normalized spacial score (nSPS) is 11.5. The number of benzene rings is 3. The molecule has 0 saturated carbocycles. The van der Waals surface area contributed by atoms with Crippen molar-refractivity contribution in [1.82, 2.24) is 5.32 Å². The molecule has 0 saturated heterocycles. The van der Waals surface area contributed by atoms with E-state index in [0.29, 0.717) is 24.1 Å². The lowest BCUT2D eigenvalue weighted by Gasteiger charge is -2.18. The summed E-state index contributed by atoms with van der Waals surface area (Å²) in [5, 5.41) is 2.83. The maximum Gasteiger partial charge on any atom is 0.328 e. The third-order valence-corrected chi connectivity index (χ3v) is 4.71. The van der Waals surface area contributed by atoms with Crippen LogP contribution in [0.3, 0.4) is 0 Å². The molecular formula is C24H24N2O3. The number of ether oxygens (including phenoxy) is 1. The van der Waals surface area contributed by atoms with Crippen LogP contribution < -0.4 is 11.1 Å². The highest BCUT2D eigenvalue weighted by Gasteiger charge is 2.23. The van der Waals surface area contributed by atoms with Gasteiger partial charge in [-0.3, -0.25) is 4.79 Å². The summed E-state index contributed by atoms with van der Waals surface area (Å²) in [6.07, 6.45) is 0.949. The van der Waals surface area contributed by atoms with Crippen LogP contribution in [0.2, 0.25) is 0 Å². The third kappa shape index (κ3) is 5.45. The molecule has 3 aromatic carbocycles. The molecular weight excluding hydrogens is 364 g/mol. The zero-order chi connectivity index (χ0) is 20.6. The van der Waals surface area contributed by atoms with Gasteiger partial charge in [0.05, 0.1) is 7.11 Å². The first kappa shape index (κ1) is 20.1. The van der Waals surface area contributed by atoms with Gasteiger partial charge in [-0.05, 0) is 41.3 Å². The monoisotopic (exact) mass is 388 g/mol. The zero-order valence-corrected chi connectivity index (χ0v) is 16.3. The molecule has 0 heterocycles. The average Bonchev–Trinajstić information content (AvgIpc) is 2.75. The molecule has 1 amide bonds. The molecule has 3 N–H and O–H groups in total. The zero-order valence-electron chi connectivity index (χ0n) is 16.3. The first-order valence-corrected chi connectivity index (χ1v) is 9.41. The summed E-state index contributed by atoms with van der Waals surface area (Å²) < 4.78 is 4.89. The van der Waals surface area contributed by atoms with Crippen LogP contribution >= 0.6 is 0 Å². The van der Waals surface area contributed by atoms with Crippen LogP contribution in [0.15, 0.2) is 78.9 Å². The van der Waals surface area contributed by atoms with Gasteiger partial charge in [-0.15, -0.1) is 0 Å². The van der Waals surface area contributed by atoms with E-state index in [1.165, 1.54) is 7.11 Å². The molecule has 3 rings (SSSR count). The molecule has 3 aromatic rings. The molecule has 0 aromatic heterocycles. The van der Waals surface area contributed by atoms with Gasteiger partial charge in [-0.2, -0.15) is 0 Å². The van der Waals surface area contributed by atoms with Crippen LogP contribution in [0.5, 0.6) is 0 Å². The summed E-state index contributed by atoms with van der Waals surface area (Å²) in [4.78, 5) is 25.3. The Morgan fingerprint density at radius 3 is 2.24 bits per heavy atom. The van der Waals surface area contributed by atoms with E-state index >= 15 is 0 Å². The number of carbonyl (C=O) groups excluding carboxylic acids is 2. The summed E-state index contributed by atoms with van der Waals surface area (Å²) in [6.45, 7) is 0. The van der Waals surface area contributed by atoms with Gasteiger partial charge >= 0.3 is 5.97 Å². The fourth-order valence-corrected chi connectivity index (χ4v) is 3.17. The molecule has 0 aliphatic rings. The number of nitrogens with one attached hydrogen (secondary N) is 1. The Morgan fingerprint density at radius 2 is 1.55 bits per heavy atom. The number of nitrogen functional groups attached to an aromatic ring is 1. The van der Waals surface area contributed by atoms with E-state index in [-0.39, 0.29) is 5.91 Å². The van der Waals surface area contributed by atoms with Gasteiger partial charge in [0.2, 0.25) is 0 Å². The van der Waals surface area contributed by atoms with Crippen molar-refractivity contribution in [2.75, 3.05) is 12.8 Å². The van der Waals surface area contributed by atoms with Crippen molar-refractivity contribution >= 4 is 17.6 Å². The number of methoxy groups -OCH3 is 1. The Morgan fingerprint density at radius 1 is 0.897 bits per heavy atom. The molecule has 0 aliphatic carbocycles. The number of hydrogen-bond donors (Lipinski definition) is 2. The van der Waals surface area contributed by atoms with Crippen LogP contribution in [0, 0.1) is 0 Å². The topological polar surface area (TPSA) is 81.4 Å². The van der Waals surface area contributed by atoms with Gasteiger partial charge in [0.25, 0.3) is 5.91 Å². The molecule has 0 bridgehead atoms. The van der Waals surface area contributed by atoms with Crippen LogP contribution in [-0.4, -0.2) is 25.0 Å². The van der Waals surface area contributed by atoms with E-state index in [9.17, 15) is 9.59 Å². The summed E-state index contributed by atoms with van der Waals surface area (Å²) in [5.74, 6) is -0.793. The fourth-order valence-electron chi connectivity index (χ4n) is 3.17. The minimum absolute atomic E-state index is 0.303. The smallest absolute Gasteiger partial charge is 0.328 e. The number of carbonyl (C=O) groups is 2. The van der Waals surface area contributed by atoms with Gasteiger partial charge < -0.3 is 15.8 Å². The van der Waals surface area contributed by atoms with Gasteiger partial charge in [0, 0.05) is 17.7 Å². The highest BCUT2D eigenvalue weighted by atomic mass is 16.5. The molecule has 29 heavy (non-hydrogen) atoms. The Hall–Kier alpha value is -3.60. The Kier molecular flexibility index (Phi) is 6.63. The number of hydrogen-bond acceptors (Lipinski definition) is 4. The highest BCUT2D eigenvalue weighted by molar-refractivity contribution is 5.98. The van der Waals surface area contributed by atoms with Crippen LogP contribution in [-0.2, 0) is 22.4 Å². The molecule has 0 radical (unpaired) electrons. The molecule has 1 atom stereocenters. The number of amides is 1. The predicted molar refractivity (Wildman–Crippen MR) is 114 cm³/mol. The van der Waals surface area contributed by atoms with Crippen molar-refractivity contribution in [3.05, 3.63) is 101 Å². The molecule has 0 spiro atoms. The SMILES string of the molecule is COC(=O)[C@H](Cc1ccc(N)cc1)NC(=O)c1ccccc1Cc1ccccc1. The fraction of sp³-hybridized carbons (Fsp3) is 0.167. The van der Waals surface area contributed by atoms with Crippen molar-refractivity contribution < 1.29 is 14.3 Å². The largest absolute Gasteiger partial charge is 0.467 e. The van der Waals surface area contributed by atoms with E-state index in [1.807, 2.05) is 60.7 Å². The van der Waals surface area contributed by atoms with Gasteiger partial charge in [0.1, 0.15) is 6.04 Å². The average molecular weight is 388 g/mol. The highest BCUT2D eigenvalue weighted by Crippen LogP contribution is 2.16. The van der Waals surface area contributed by atoms with Crippen molar-refractivity contribution in [2.45, 2.75) is 18.9 Å². The number of nitrogens with two attached hydrogens (primary N) is 1. The second-order valence-corrected chi connectivity index (χ2v) is 6.81. The van der Waals surface area contributed by atoms with E-state index in [4.69, 9.17) is 10.5 Å². The number of esters is 1. The lowest BCUT2D eigenvalue weighted by Crippen LogP contribution is -2.43. The Bertz CT molecular complexity index is 969. The molecule has 0 unspecified atom stereocenters. The van der Waals surface area contributed by atoms with Crippen molar-refractivity contribution in [2.24, 2.45) is 0 Å². The Balaban J connectivity index is 1.79. The third-order valence-electron chi connectivity index (χ3n) is 4.71. The summed E-state index contributed by atoms with van der Waals surface area (Å²) in [6, 6.07) is 23.8.